The minimum absolute atomic E-state index is 0.0131. The monoisotopic (exact) mass is 438 g/mol. The molecule has 4 rings (SSSR count). The fraction of sp³-hybridized carbons (Fsp3) is 0.375. The van der Waals surface area contributed by atoms with Crippen molar-refractivity contribution in [3.63, 3.8) is 0 Å². The molecule has 2 amide bonds. The molecule has 1 saturated carbocycles. The van der Waals surface area contributed by atoms with Gasteiger partial charge in [0, 0.05) is 18.4 Å². The average molecular weight is 438 g/mol. The Bertz CT molecular complexity index is 972. The summed E-state index contributed by atoms with van der Waals surface area (Å²) in [6.07, 6.45) is -0.0327. The molecule has 2 aromatic carbocycles. The van der Waals surface area contributed by atoms with Crippen LogP contribution in [0.1, 0.15) is 43.2 Å². The number of ether oxygens (including phenoxy) is 1. The van der Waals surface area contributed by atoms with E-state index >= 15 is 0 Å². The van der Waals surface area contributed by atoms with Crippen molar-refractivity contribution in [2.75, 3.05) is 6.61 Å². The summed E-state index contributed by atoms with van der Waals surface area (Å²) in [5.74, 6) is -1.40. The van der Waals surface area contributed by atoms with E-state index in [0.717, 1.165) is 11.1 Å². The van der Waals surface area contributed by atoms with Crippen molar-refractivity contribution in [1.29, 1.82) is 0 Å². The highest BCUT2D eigenvalue weighted by atomic mass is 16.7. The van der Waals surface area contributed by atoms with Gasteiger partial charge in [0.05, 0.1) is 0 Å². The number of nitrogens with one attached hydrogen (secondary N) is 2. The number of carboxylic acid groups (broad SMARTS) is 1. The summed E-state index contributed by atoms with van der Waals surface area (Å²) >= 11 is 0. The summed E-state index contributed by atoms with van der Waals surface area (Å²) in [4.78, 5) is 39.6. The molecular formula is C24H26N2O6. The van der Waals surface area contributed by atoms with Crippen molar-refractivity contribution in [2.24, 2.45) is 5.92 Å². The number of carboxylic acids is 1. The number of carbonyl (C=O) groups is 3. The molecule has 8 nitrogen and oxygen atoms in total. The van der Waals surface area contributed by atoms with E-state index in [4.69, 9.17) is 14.7 Å². The van der Waals surface area contributed by atoms with E-state index in [9.17, 15) is 14.4 Å². The number of benzene rings is 2. The van der Waals surface area contributed by atoms with Gasteiger partial charge < -0.3 is 15.2 Å². The van der Waals surface area contributed by atoms with Gasteiger partial charge in [0.15, 0.2) is 6.10 Å². The molecule has 168 valence electrons. The van der Waals surface area contributed by atoms with Gasteiger partial charge in [-0.1, -0.05) is 48.5 Å². The highest BCUT2D eigenvalue weighted by Crippen LogP contribution is 2.44. The van der Waals surface area contributed by atoms with Crippen LogP contribution in [0, 0.1) is 5.92 Å². The number of aliphatic carboxylic acids is 1. The van der Waals surface area contributed by atoms with Crippen LogP contribution in [-0.2, 0) is 19.2 Å². The van der Waals surface area contributed by atoms with Gasteiger partial charge in [0.2, 0.25) is 5.91 Å². The Morgan fingerprint density at radius 1 is 1.03 bits per heavy atom. The normalized spacial score (nSPS) is 19.8. The molecule has 2 aliphatic rings. The van der Waals surface area contributed by atoms with Crippen LogP contribution in [0.4, 0.5) is 4.79 Å². The standard InChI is InChI=1S/C24H26N2O6/c1-14(23(28)29)32-26-22(27)12-15-10-16(11-15)25-24(30)31-13-21-19-8-4-2-6-17(19)18-7-3-5-9-20(18)21/h2-9,14-16,21H,10-13H2,1H3,(H,25,30)(H,26,27)(H,28,29). The van der Waals surface area contributed by atoms with Gasteiger partial charge in [-0.15, -0.1) is 0 Å². The van der Waals surface area contributed by atoms with Crippen molar-refractivity contribution in [1.82, 2.24) is 10.8 Å². The molecule has 0 aliphatic heterocycles. The Balaban J connectivity index is 1.20. The molecule has 0 heterocycles. The first-order valence-electron chi connectivity index (χ1n) is 10.7. The molecule has 1 unspecified atom stereocenters. The summed E-state index contributed by atoms with van der Waals surface area (Å²) in [5.41, 5.74) is 6.84. The van der Waals surface area contributed by atoms with E-state index < -0.39 is 18.2 Å². The van der Waals surface area contributed by atoms with Gasteiger partial charge in [0.25, 0.3) is 0 Å². The number of hydrogen-bond donors (Lipinski definition) is 3. The molecule has 2 aromatic rings. The number of fused-ring (bicyclic) bond motifs is 3. The van der Waals surface area contributed by atoms with Crippen molar-refractivity contribution in [3.05, 3.63) is 59.7 Å². The third-order valence-electron chi connectivity index (χ3n) is 6.07. The van der Waals surface area contributed by atoms with Gasteiger partial charge in [-0.3, -0.25) is 9.63 Å². The maximum atomic E-state index is 12.3. The zero-order chi connectivity index (χ0) is 22.7. The fourth-order valence-corrected chi connectivity index (χ4v) is 4.34. The maximum absolute atomic E-state index is 12.3. The molecular weight excluding hydrogens is 412 g/mol. The topological polar surface area (TPSA) is 114 Å². The highest BCUT2D eigenvalue weighted by molar-refractivity contribution is 5.79. The first-order chi connectivity index (χ1) is 15.4. The SMILES string of the molecule is CC(ONC(=O)CC1CC(NC(=O)OCC2c3ccccc3-c3ccccc32)C1)C(=O)O. The zero-order valence-corrected chi connectivity index (χ0v) is 17.7. The van der Waals surface area contributed by atoms with Gasteiger partial charge in [-0.05, 0) is 47.9 Å². The molecule has 1 fully saturated rings. The van der Waals surface area contributed by atoms with Crippen molar-refractivity contribution in [3.8, 4) is 11.1 Å². The third-order valence-corrected chi connectivity index (χ3v) is 6.07. The number of amides is 2. The fourth-order valence-electron chi connectivity index (χ4n) is 4.34. The lowest BCUT2D eigenvalue weighted by molar-refractivity contribution is -0.159. The zero-order valence-electron chi connectivity index (χ0n) is 17.7. The average Bonchev–Trinajstić information content (AvgIpc) is 3.08. The summed E-state index contributed by atoms with van der Waals surface area (Å²) in [6, 6.07) is 16.3. The first kappa shape index (κ1) is 21.8. The van der Waals surface area contributed by atoms with Crippen LogP contribution in [0.5, 0.6) is 0 Å². The lowest BCUT2D eigenvalue weighted by atomic mass is 9.78. The van der Waals surface area contributed by atoms with Gasteiger partial charge >= 0.3 is 12.1 Å². The predicted octanol–water partition coefficient (Wildman–Crippen LogP) is 3.21. The molecule has 0 radical (unpaired) electrons. The van der Waals surface area contributed by atoms with Crippen LogP contribution < -0.4 is 10.8 Å². The van der Waals surface area contributed by atoms with Crippen LogP contribution in [0.25, 0.3) is 11.1 Å². The second-order valence-corrected chi connectivity index (χ2v) is 8.33. The Morgan fingerprint density at radius 3 is 2.22 bits per heavy atom. The maximum Gasteiger partial charge on any atom is 0.407 e. The van der Waals surface area contributed by atoms with Gasteiger partial charge in [0.1, 0.15) is 6.61 Å². The summed E-state index contributed by atoms with van der Waals surface area (Å²) in [6.45, 7) is 1.60. The lowest BCUT2D eigenvalue weighted by Crippen LogP contribution is -2.46. The number of hydroxylamine groups is 1. The van der Waals surface area contributed by atoms with Crippen LogP contribution in [0.3, 0.4) is 0 Å². The van der Waals surface area contributed by atoms with Crippen molar-refractivity contribution >= 4 is 18.0 Å². The summed E-state index contributed by atoms with van der Waals surface area (Å²) in [5, 5.41) is 11.6. The predicted molar refractivity (Wildman–Crippen MR) is 116 cm³/mol. The molecule has 2 aliphatic carbocycles. The van der Waals surface area contributed by atoms with Gasteiger partial charge in [-0.25, -0.2) is 15.1 Å². The molecule has 8 heteroatoms. The van der Waals surface area contributed by atoms with Crippen LogP contribution >= 0.6 is 0 Å². The Hall–Kier alpha value is -3.39. The lowest BCUT2D eigenvalue weighted by Gasteiger charge is -2.35. The van der Waals surface area contributed by atoms with E-state index in [1.54, 1.807) is 0 Å². The Morgan fingerprint density at radius 2 is 1.62 bits per heavy atom. The summed E-state index contributed by atoms with van der Waals surface area (Å²) < 4.78 is 5.54. The minimum atomic E-state index is -1.15. The number of hydrogen-bond acceptors (Lipinski definition) is 5. The molecule has 0 saturated heterocycles. The van der Waals surface area contributed by atoms with E-state index in [-0.39, 0.29) is 36.8 Å². The number of carbonyl (C=O) groups excluding carboxylic acids is 2. The Kier molecular flexibility index (Phi) is 6.41. The molecule has 0 bridgehead atoms. The quantitative estimate of drug-likeness (QED) is 0.546. The second kappa shape index (κ2) is 9.40. The Labute approximate surface area is 185 Å². The largest absolute Gasteiger partial charge is 0.479 e. The van der Waals surface area contributed by atoms with Crippen molar-refractivity contribution in [2.45, 2.75) is 44.2 Å². The third kappa shape index (κ3) is 4.75. The first-order valence-corrected chi connectivity index (χ1v) is 10.7. The highest BCUT2D eigenvalue weighted by Gasteiger charge is 2.33. The molecule has 32 heavy (non-hydrogen) atoms. The number of alkyl carbamates (subject to hydrolysis) is 1. The van der Waals surface area contributed by atoms with Crippen LogP contribution in [-0.4, -0.2) is 41.8 Å². The van der Waals surface area contributed by atoms with Crippen molar-refractivity contribution < 1.29 is 29.1 Å². The summed E-state index contributed by atoms with van der Waals surface area (Å²) in [7, 11) is 0. The minimum Gasteiger partial charge on any atom is -0.479 e. The van der Waals surface area contributed by atoms with E-state index in [1.165, 1.54) is 18.1 Å². The molecule has 0 spiro atoms. The van der Waals surface area contributed by atoms with E-state index in [1.807, 2.05) is 24.3 Å². The van der Waals surface area contributed by atoms with E-state index in [2.05, 4.69) is 35.1 Å². The molecule has 1 atom stereocenters. The smallest absolute Gasteiger partial charge is 0.407 e. The van der Waals surface area contributed by atoms with Crippen LogP contribution in [0.2, 0.25) is 0 Å². The van der Waals surface area contributed by atoms with Gasteiger partial charge in [-0.2, -0.15) is 0 Å². The molecule has 0 aromatic heterocycles. The number of rotatable bonds is 8. The van der Waals surface area contributed by atoms with Crippen LogP contribution in [0.15, 0.2) is 48.5 Å². The molecule has 3 N–H and O–H groups in total. The van der Waals surface area contributed by atoms with E-state index in [0.29, 0.717) is 12.8 Å². The second-order valence-electron chi connectivity index (χ2n) is 8.33.